The number of aromatic nitrogens is 2. The van der Waals surface area contributed by atoms with Crippen LogP contribution in [-0.4, -0.2) is 85.7 Å². The number of piperidine rings is 1. The normalized spacial score (nSPS) is 26.3. The minimum absolute atomic E-state index is 0.0767. The highest BCUT2D eigenvalue weighted by Gasteiger charge is 2.49. The maximum atomic E-state index is 13.6. The number of carbonyl (C=O) groups is 5. The molecule has 2 aliphatic heterocycles. The summed E-state index contributed by atoms with van der Waals surface area (Å²) in [6.07, 6.45) is 10.3. The maximum absolute atomic E-state index is 13.6. The van der Waals surface area contributed by atoms with E-state index in [1.54, 1.807) is 38.1 Å². The van der Waals surface area contributed by atoms with Crippen LogP contribution in [0.2, 0.25) is 0 Å². The number of benzene rings is 2. The molecular weight excluding hydrogens is 828 g/mol. The van der Waals surface area contributed by atoms with Gasteiger partial charge in [0.1, 0.15) is 17.6 Å². The fourth-order valence-corrected chi connectivity index (χ4v) is 11.2. The van der Waals surface area contributed by atoms with Gasteiger partial charge < -0.3 is 25.2 Å². The smallest absolute Gasteiger partial charge is 0.386 e. The van der Waals surface area contributed by atoms with Gasteiger partial charge in [-0.05, 0) is 150 Å². The Kier molecular flexibility index (Phi) is 11.2. The first-order valence-corrected chi connectivity index (χ1v) is 22.4. The summed E-state index contributed by atoms with van der Waals surface area (Å²) in [6.45, 7) is 4.19. The number of imide groups is 2. The molecule has 3 aliphatic carbocycles. The second kappa shape index (κ2) is 16.4. The van der Waals surface area contributed by atoms with Crippen molar-refractivity contribution in [2.75, 3.05) is 24.2 Å². The summed E-state index contributed by atoms with van der Waals surface area (Å²) >= 11 is 0. The molecule has 1 saturated heterocycles. The predicted molar refractivity (Wildman–Crippen MR) is 232 cm³/mol. The second-order valence-electron chi connectivity index (χ2n) is 19.4. The molecular formula is C48H54F3N7O6. The van der Waals surface area contributed by atoms with Crippen molar-refractivity contribution >= 4 is 51.8 Å². The van der Waals surface area contributed by atoms with Crippen LogP contribution in [0.5, 0.6) is 0 Å². The molecule has 4 N–H and O–H groups in total. The van der Waals surface area contributed by atoms with Crippen LogP contribution in [-0.2, 0) is 21.4 Å². The van der Waals surface area contributed by atoms with Crippen LogP contribution in [0.3, 0.4) is 0 Å². The third-order valence-electron chi connectivity index (χ3n) is 14.6. The Labute approximate surface area is 369 Å². The first-order chi connectivity index (χ1) is 30.4. The topological polar surface area (TPSA) is 166 Å². The van der Waals surface area contributed by atoms with Crippen molar-refractivity contribution in [2.45, 2.75) is 127 Å². The summed E-state index contributed by atoms with van der Waals surface area (Å²) in [4.78, 5) is 71.8. The third-order valence-corrected chi connectivity index (χ3v) is 14.6. The number of rotatable bonds is 10. The van der Waals surface area contributed by atoms with Gasteiger partial charge in [0.05, 0.1) is 16.7 Å². The Balaban J connectivity index is 0.760. The first-order valence-electron chi connectivity index (χ1n) is 22.4. The number of alkyl halides is 3. The Hall–Kier alpha value is -5.61. The zero-order valence-corrected chi connectivity index (χ0v) is 36.3. The van der Waals surface area contributed by atoms with Crippen LogP contribution in [0.1, 0.15) is 139 Å². The average molecular weight is 882 g/mol. The van der Waals surface area contributed by atoms with Crippen molar-refractivity contribution < 1.29 is 42.3 Å². The highest BCUT2D eigenvalue weighted by atomic mass is 19.4. The van der Waals surface area contributed by atoms with Crippen molar-refractivity contribution in [2.24, 2.45) is 11.3 Å². The zero-order valence-electron chi connectivity index (χ0n) is 36.3. The number of pyridine rings is 1. The monoisotopic (exact) mass is 881 g/mol. The van der Waals surface area contributed by atoms with E-state index in [1.807, 2.05) is 12.3 Å². The molecule has 2 aromatic carbocycles. The van der Waals surface area contributed by atoms with Crippen LogP contribution < -0.4 is 16.0 Å². The van der Waals surface area contributed by atoms with Gasteiger partial charge >= 0.3 is 6.18 Å². The summed E-state index contributed by atoms with van der Waals surface area (Å²) in [5.41, 5.74) is -0.510. The van der Waals surface area contributed by atoms with E-state index >= 15 is 0 Å². The third kappa shape index (κ3) is 8.41. The summed E-state index contributed by atoms with van der Waals surface area (Å²) in [7, 11) is 2.25. The molecule has 13 nitrogen and oxygen atoms in total. The lowest BCUT2D eigenvalue weighted by Gasteiger charge is -2.53. The standard InChI is InChI=1S/C48H54F3N7O6/c1-46(2,64)35-21-29-26-57(25-28(29)20-34(35)42(60)54-39-9-5-8-38(53-39)48(49,50)51)32-12-10-27(11-13-32)24-56(3)31-16-18-47(19-17-31)22-30(23-47)52-36-7-4-6-33-41(36)45(63)58(44(33)62)37-14-15-40(59)55-43(37)61/h4-9,20-21,25-27,30-32,37,52,64H,10-19,22-24H2,1-3H3,(H,53,54,60)(H,55,59,61)/t27-,30?,31?,32-,37?,47?. The van der Waals surface area contributed by atoms with Crippen molar-refractivity contribution in [3.05, 3.63) is 88.9 Å². The summed E-state index contributed by atoms with van der Waals surface area (Å²) in [6, 6.07) is 12.0. The molecule has 5 aliphatic rings. The second-order valence-corrected chi connectivity index (χ2v) is 19.4. The van der Waals surface area contributed by atoms with E-state index in [2.05, 4.69) is 43.6 Å². The maximum Gasteiger partial charge on any atom is 0.433 e. The zero-order chi connectivity index (χ0) is 45.3. The lowest BCUT2D eigenvalue weighted by Crippen LogP contribution is -2.54. The van der Waals surface area contributed by atoms with Crippen LogP contribution >= 0.6 is 0 Å². The van der Waals surface area contributed by atoms with Gasteiger partial charge in [0.25, 0.3) is 17.7 Å². The molecule has 0 radical (unpaired) electrons. The number of halogens is 3. The largest absolute Gasteiger partial charge is 0.433 e. The van der Waals surface area contributed by atoms with Gasteiger partial charge in [-0.1, -0.05) is 12.1 Å². The predicted octanol–water partition coefficient (Wildman–Crippen LogP) is 7.80. The van der Waals surface area contributed by atoms with Gasteiger partial charge in [-0.2, -0.15) is 13.2 Å². The van der Waals surface area contributed by atoms with Gasteiger partial charge in [-0.25, -0.2) is 4.98 Å². The molecule has 4 heterocycles. The van der Waals surface area contributed by atoms with E-state index in [0.717, 1.165) is 92.5 Å². The molecule has 16 heteroatoms. The van der Waals surface area contributed by atoms with Crippen LogP contribution in [0.4, 0.5) is 24.7 Å². The molecule has 64 heavy (non-hydrogen) atoms. The van der Waals surface area contributed by atoms with Gasteiger partial charge in [0.2, 0.25) is 11.8 Å². The number of hydrogen-bond donors (Lipinski definition) is 4. The minimum atomic E-state index is -4.66. The minimum Gasteiger partial charge on any atom is -0.386 e. The summed E-state index contributed by atoms with van der Waals surface area (Å²) < 4.78 is 42.0. The van der Waals surface area contributed by atoms with Gasteiger partial charge in [-0.15, -0.1) is 0 Å². The Bertz CT molecular complexity index is 2520. The molecule has 5 amide bonds. The molecule has 1 atom stereocenters. The Morgan fingerprint density at radius 3 is 2.28 bits per heavy atom. The quantitative estimate of drug-likeness (QED) is 0.116. The van der Waals surface area contributed by atoms with E-state index < -0.39 is 53.0 Å². The molecule has 0 bridgehead atoms. The molecule has 1 spiro atoms. The average Bonchev–Trinajstić information content (AvgIpc) is 3.77. The van der Waals surface area contributed by atoms with Gasteiger partial charge in [0.15, 0.2) is 0 Å². The van der Waals surface area contributed by atoms with E-state index in [0.29, 0.717) is 28.8 Å². The number of anilines is 2. The van der Waals surface area contributed by atoms with E-state index in [4.69, 9.17) is 0 Å². The summed E-state index contributed by atoms with van der Waals surface area (Å²) in [5, 5.41) is 21.0. The number of hydrogen-bond acceptors (Lipinski definition) is 9. The lowest BCUT2D eigenvalue weighted by atomic mass is 9.57. The fraction of sp³-hybridized carbons (Fsp3) is 0.500. The SMILES string of the molecule is CN(C[C@H]1CC[C@H](n2cc3cc(C(=O)Nc4cccc(C(F)(F)F)n4)c(C(C)(C)O)cc3c2)CC1)C1CCC2(CC1)CC(Nc1cccc3c1C(=O)N(C1CCC(=O)NC1=O)C3=O)C2. The van der Waals surface area contributed by atoms with E-state index in [-0.39, 0.29) is 47.3 Å². The van der Waals surface area contributed by atoms with Crippen molar-refractivity contribution in [1.29, 1.82) is 0 Å². The molecule has 1 unspecified atom stereocenters. The van der Waals surface area contributed by atoms with Crippen LogP contribution in [0.25, 0.3) is 10.8 Å². The number of nitrogens with zero attached hydrogens (tertiary/aromatic N) is 4. The van der Waals surface area contributed by atoms with Crippen LogP contribution in [0.15, 0.2) is 60.9 Å². The van der Waals surface area contributed by atoms with Crippen molar-refractivity contribution in [1.82, 2.24) is 24.7 Å². The van der Waals surface area contributed by atoms with E-state index in [9.17, 15) is 42.3 Å². The highest BCUT2D eigenvalue weighted by Crippen LogP contribution is 2.53. The Morgan fingerprint density at radius 2 is 1.61 bits per heavy atom. The van der Waals surface area contributed by atoms with E-state index in [1.165, 1.54) is 12.1 Å². The number of carbonyl (C=O) groups excluding carboxylic acids is 5. The fourth-order valence-electron chi connectivity index (χ4n) is 11.2. The van der Waals surface area contributed by atoms with Gasteiger partial charge in [-0.3, -0.25) is 34.2 Å². The number of aliphatic hydroxyl groups is 1. The molecule has 9 rings (SSSR count). The lowest BCUT2D eigenvalue weighted by molar-refractivity contribution is -0.141. The first kappa shape index (κ1) is 43.6. The van der Waals surface area contributed by atoms with Crippen molar-refractivity contribution in [3.8, 4) is 0 Å². The summed E-state index contributed by atoms with van der Waals surface area (Å²) in [5.74, 6) is -2.33. The highest BCUT2D eigenvalue weighted by molar-refractivity contribution is 6.25. The molecule has 4 fully saturated rings. The van der Waals surface area contributed by atoms with Gasteiger partial charge in [0, 0.05) is 60.1 Å². The van der Waals surface area contributed by atoms with Crippen LogP contribution in [0, 0.1) is 11.3 Å². The number of amides is 5. The molecule has 338 valence electrons. The molecule has 4 aromatic rings. The molecule has 2 aromatic heterocycles. The molecule has 3 saturated carbocycles. The Morgan fingerprint density at radius 1 is 0.922 bits per heavy atom. The number of fused-ring (bicyclic) bond motifs is 2. The number of nitrogens with one attached hydrogen (secondary N) is 3. The van der Waals surface area contributed by atoms with Crippen molar-refractivity contribution in [3.63, 3.8) is 0 Å².